The highest BCUT2D eigenvalue weighted by molar-refractivity contribution is 6.01. The predicted molar refractivity (Wildman–Crippen MR) is 120 cm³/mol. The Morgan fingerprint density at radius 2 is 2.06 bits per heavy atom. The summed E-state index contributed by atoms with van der Waals surface area (Å²) in [4.78, 5) is 16.7. The third-order valence-corrected chi connectivity index (χ3v) is 4.83. The highest BCUT2D eigenvalue weighted by Crippen LogP contribution is 2.30. The number of benzene rings is 1. The van der Waals surface area contributed by atoms with Crippen LogP contribution in [0.4, 0.5) is 18.9 Å². The Morgan fingerprint density at radius 3 is 2.78 bits per heavy atom. The number of ether oxygens (including phenoxy) is 1. The summed E-state index contributed by atoms with van der Waals surface area (Å²) in [5.41, 5.74) is 2.07. The summed E-state index contributed by atoms with van der Waals surface area (Å²) in [6.07, 6.45) is 9.45. The predicted octanol–water partition coefficient (Wildman–Crippen LogP) is 4.58. The van der Waals surface area contributed by atoms with E-state index in [2.05, 4.69) is 23.3 Å². The second-order valence-electron chi connectivity index (χ2n) is 7.12. The van der Waals surface area contributed by atoms with Crippen LogP contribution in [-0.2, 0) is 15.7 Å². The number of carbonyl (C=O) groups is 1. The Bertz CT molecular complexity index is 1210. The number of nitrogens with one attached hydrogen (secondary N) is 1. The van der Waals surface area contributed by atoms with Crippen molar-refractivity contribution in [2.45, 2.75) is 25.9 Å². The average molecular weight is 440 g/mol. The molecule has 1 N–H and O–H groups in total. The summed E-state index contributed by atoms with van der Waals surface area (Å²) in [6.45, 7) is 2.05. The lowest BCUT2D eigenvalue weighted by atomic mass is 10.0. The number of fused-ring (bicyclic) bond motifs is 1. The van der Waals surface area contributed by atoms with Crippen LogP contribution in [0.25, 0.3) is 18.2 Å². The number of alkyl halides is 3. The number of carbonyl (C=O) groups excluding carboxylic acids is 1. The molecule has 7 heteroatoms. The third kappa shape index (κ3) is 5.97. The molecule has 3 rings (SSSR count). The Hall–Kier alpha value is -3.61. The highest BCUT2D eigenvalue weighted by atomic mass is 19.4. The minimum atomic E-state index is -4.47. The molecule has 1 aromatic heterocycles. The number of methoxy groups -OCH3 is 1. The Morgan fingerprint density at radius 1 is 1.25 bits per heavy atom. The van der Waals surface area contributed by atoms with Gasteiger partial charge in [-0.3, -0.25) is 9.78 Å². The van der Waals surface area contributed by atoms with Gasteiger partial charge in [0.25, 0.3) is 0 Å². The van der Waals surface area contributed by atoms with Crippen molar-refractivity contribution in [1.82, 2.24) is 4.98 Å². The van der Waals surface area contributed by atoms with E-state index in [1.54, 1.807) is 25.6 Å². The van der Waals surface area contributed by atoms with Crippen molar-refractivity contribution in [2.24, 2.45) is 0 Å². The molecule has 4 nitrogen and oxygen atoms in total. The normalized spacial score (nSPS) is 14.0. The van der Waals surface area contributed by atoms with Crippen molar-refractivity contribution in [3.8, 4) is 0 Å². The van der Waals surface area contributed by atoms with Crippen LogP contribution < -0.4 is 15.9 Å². The number of amides is 1. The van der Waals surface area contributed by atoms with Crippen LogP contribution in [0.15, 0.2) is 66.1 Å². The molecule has 32 heavy (non-hydrogen) atoms. The number of pyridine rings is 1. The number of nitrogens with zero attached hydrogens (tertiary/aromatic N) is 1. The van der Waals surface area contributed by atoms with Gasteiger partial charge in [0.1, 0.15) is 0 Å². The van der Waals surface area contributed by atoms with Gasteiger partial charge in [-0.15, -0.1) is 0 Å². The van der Waals surface area contributed by atoms with Gasteiger partial charge in [-0.05, 0) is 66.0 Å². The van der Waals surface area contributed by atoms with Crippen molar-refractivity contribution in [2.75, 3.05) is 12.4 Å². The zero-order valence-electron chi connectivity index (χ0n) is 17.7. The van der Waals surface area contributed by atoms with E-state index in [4.69, 9.17) is 4.74 Å². The smallest absolute Gasteiger partial charge is 0.416 e. The van der Waals surface area contributed by atoms with Crippen LogP contribution in [0, 0.1) is 0 Å². The first-order valence-corrected chi connectivity index (χ1v) is 10.1. The van der Waals surface area contributed by atoms with Gasteiger partial charge in [0.05, 0.1) is 24.3 Å². The van der Waals surface area contributed by atoms with Crippen molar-refractivity contribution < 1.29 is 22.7 Å². The third-order valence-electron chi connectivity index (χ3n) is 4.83. The minimum absolute atomic E-state index is 0.0734. The van der Waals surface area contributed by atoms with E-state index in [9.17, 15) is 18.0 Å². The van der Waals surface area contributed by atoms with Gasteiger partial charge in [-0.25, -0.2) is 0 Å². The maximum Gasteiger partial charge on any atom is 0.416 e. The number of allylic oxidation sites excluding steroid dienone is 3. The minimum Gasteiger partial charge on any atom is -0.504 e. The lowest BCUT2D eigenvalue weighted by molar-refractivity contribution is -0.137. The molecule has 0 fully saturated rings. The molecule has 0 saturated carbocycles. The molecule has 166 valence electrons. The lowest BCUT2D eigenvalue weighted by Gasteiger charge is -2.08. The summed E-state index contributed by atoms with van der Waals surface area (Å²) in [5, 5.41) is 4.20. The maximum atomic E-state index is 12.8. The van der Waals surface area contributed by atoms with E-state index in [0.717, 1.165) is 46.7 Å². The van der Waals surface area contributed by atoms with Crippen molar-refractivity contribution in [3.63, 3.8) is 0 Å². The van der Waals surface area contributed by atoms with E-state index < -0.39 is 17.6 Å². The Labute approximate surface area is 184 Å². The fraction of sp³-hybridized carbons (Fsp3) is 0.200. The van der Waals surface area contributed by atoms with E-state index in [-0.39, 0.29) is 5.69 Å². The Kier molecular flexibility index (Phi) is 7.30. The topological polar surface area (TPSA) is 51.2 Å². The van der Waals surface area contributed by atoms with Crippen LogP contribution in [0.3, 0.4) is 0 Å². The molecule has 1 aliphatic carbocycles. The molecule has 0 spiro atoms. The van der Waals surface area contributed by atoms with Gasteiger partial charge < -0.3 is 10.1 Å². The molecule has 1 amide bonds. The largest absolute Gasteiger partial charge is 0.504 e. The van der Waals surface area contributed by atoms with Crippen molar-refractivity contribution in [1.29, 1.82) is 0 Å². The number of aromatic nitrogens is 1. The fourth-order valence-corrected chi connectivity index (χ4v) is 3.26. The highest BCUT2D eigenvalue weighted by Gasteiger charge is 2.30. The summed E-state index contributed by atoms with van der Waals surface area (Å²) in [6, 6.07) is 6.41. The summed E-state index contributed by atoms with van der Waals surface area (Å²) >= 11 is 0. The molecule has 1 aliphatic rings. The van der Waals surface area contributed by atoms with Crippen LogP contribution in [0.2, 0.25) is 0 Å². The number of hydrogen-bond donors (Lipinski definition) is 1. The van der Waals surface area contributed by atoms with Gasteiger partial charge in [-0.2, -0.15) is 13.2 Å². The second-order valence-corrected chi connectivity index (χ2v) is 7.12. The zero-order valence-corrected chi connectivity index (χ0v) is 17.7. The molecule has 1 aromatic carbocycles. The standard InChI is InChI=1S/C25H23F3N2O2/c1-3-18(16-32-2)19-6-4-9-23-20(13-19)12-17(15-29-23)10-11-24(31)30-22-8-5-7-21(14-22)25(26,27)28/h5-16H,3-4H2,1-2H3,(H,30,31)/b11-10-,18-16+. The first-order valence-electron chi connectivity index (χ1n) is 10.1. The number of rotatable bonds is 6. The first-order chi connectivity index (χ1) is 15.3. The molecule has 0 bridgehead atoms. The molecule has 0 radical (unpaired) electrons. The Balaban J connectivity index is 1.80. The molecule has 0 unspecified atom stereocenters. The summed E-state index contributed by atoms with van der Waals surface area (Å²) < 4.78 is 43.7. The number of hydrogen-bond acceptors (Lipinski definition) is 3. The SMILES string of the molecule is CC/C(=C\OC)C1=CCC=c2ncc(/C=C\C(=O)Nc3cccc(C(F)(F)F)c3)cc2=C1. The van der Waals surface area contributed by atoms with E-state index in [0.29, 0.717) is 5.56 Å². The zero-order chi connectivity index (χ0) is 23.1. The summed E-state index contributed by atoms with van der Waals surface area (Å²) in [7, 11) is 1.61. The van der Waals surface area contributed by atoms with Crippen LogP contribution in [0.5, 0.6) is 0 Å². The maximum absolute atomic E-state index is 12.8. The molecular weight excluding hydrogens is 417 g/mol. The molecule has 0 aliphatic heterocycles. The fourth-order valence-electron chi connectivity index (χ4n) is 3.26. The van der Waals surface area contributed by atoms with Gasteiger partial charge in [0.2, 0.25) is 5.91 Å². The number of anilines is 1. The van der Waals surface area contributed by atoms with Crippen LogP contribution in [-0.4, -0.2) is 18.0 Å². The molecule has 2 aromatic rings. The van der Waals surface area contributed by atoms with Crippen LogP contribution >= 0.6 is 0 Å². The molecule has 0 atom stereocenters. The summed E-state index contributed by atoms with van der Waals surface area (Å²) in [5.74, 6) is -0.535. The van der Waals surface area contributed by atoms with E-state index >= 15 is 0 Å². The lowest BCUT2D eigenvalue weighted by Crippen LogP contribution is -2.27. The second kappa shape index (κ2) is 10.1. The van der Waals surface area contributed by atoms with Gasteiger partial charge >= 0.3 is 6.18 Å². The molecule has 0 saturated heterocycles. The quantitative estimate of drug-likeness (QED) is 0.528. The van der Waals surface area contributed by atoms with Crippen LogP contribution in [0.1, 0.15) is 30.9 Å². The monoisotopic (exact) mass is 440 g/mol. The molecular formula is C25H23F3N2O2. The van der Waals surface area contributed by atoms with Gasteiger partial charge in [0.15, 0.2) is 0 Å². The number of halogens is 3. The van der Waals surface area contributed by atoms with Gasteiger partial charge in [0, 0.05) is 23.2 Å². The van der Waals surface area contributed by atoms with E-state index in [1.165, 1.54) is 18.2 Å². The van der Waals surface area contributed by atoms with Crippen molar-refractivity contribution in [3.05, 3.63) is 87.8 Å². The van der Waals surface area contributed by atoms with E-state index in [1.807, 2.05) is 18.2 Å². The first kappa shape index (κ1) is 23.1. The van der Waals surface area contributed by atoms with Crippen molar-refractivity contribution >= 4 is 29.8 Å². The average Bonchev–Trinajstić information content (AvgIpc) is 2.97. The molecule has 1 heterocycles. The van der Waals surface area contributed by atoms with Gasteiger partial charge in [-0.1, -0.05) is 25.1 Å².